The fourth-order valence-electron chi connectivity index (χ4n) is 2.21. The number of benzene rings is 2. The summed E-state index contributed by atoms with van der Waals surface area (Å²) in [6, 6.07) is 2.43. The van der Waals surface area contributed by atoms with Gasteiger partial charge in [-0.15, -0.1) is 0 Å². The zero-order chi connectivity index (χ0) is 18.0. The van der Waals surface area contributed by atoms with Gasteiger partial charge in [-0.2, -0.15) is 0 Å². The van der Waals surface area contributed by atoms with Crippen LogP contribution in [0.25, 0.3) is 12.2 Å². The number of hydrogen-bond donors (Lipinski definition) is 2. The van der Waals surface area contributed by atoms with Crippen LogP contribution in [0, 0.1) is 29.1 Å². The molecular weight excluding hydrogens is 331 g/mol. The standard InChI is InChI=1S/C17H13F5O2/c1-2-3-9-11(23)6-8(7-12(9)24)4-5-10-13(18)15(20)17(22)16(21)14(10)19/h4-7,23-24H,2-3H2,1H3/b5-4-. The molecule has 2 rings (SSSR count). The average molecular weight is 344 g/mol. The van der Waals surface area contributed by atoms with E-state index < -0.39 is 34.6 Å². The lowest BCUT2D eigenvalue weighted by molar-refractivity contribution is 0.377. The van der Waals surface area contributed by atoms with Crippen molar-refractivity contribution in [2.75, 3.05) is 0 Å². The number of hydrogen-bond acceptors (Lipinski definition) is 2. The summed E-state index contributed by atoms with van der Waals surface area (Å²) in [5.74, 6) is -10.7. The van der Waals surface area contributed by atoms with Crippen LogP contribution in [-0.2, 0) is 6.42 Å². The molecule has 0 saturated carbocycles. The van der Waals surface area contributed by atoms with E-state index in [2.05, 4.69) is 0 Å². The van der Waals surface area contributed by atoms with Crippen LogP contribution in [0.3, 0.4) is 0 Å². The van der Waals surface area contributed by atoms with E-state index in [1.54, 1.807) is 0 Å². The first-order valence-electron chi connectivity index (χ1n) is 7.02. The van der Waals surface area contributed by atoms with Crippen LogP contribution in [-0.4, -0.2) is 10.2 Å². The first-order chi connectivity index (χ1) is 11.3. The van der Waals surface area contributed by atoms with E-state index in [1.807, 2.05) is 6.92 Å². The summed E-state index contributed by atoms with van der Waals surface area (Å²) in [7, 11) is 0. The van der Waals surface area contributed by atoms with Crippen molar-refractivity contribution in [2.24, 2.45) is 0 Å². The summed E-state index contributed by atoms with van der Waals surface area (Å²) in [5.41, 5.74) is -0.664. The Hall–Kier alpha value is -2.57. The lowest BCUT2D eigenvalue weighted by Gasteiger charge is -2.08. The molecule has 2 N–H and O–H groups in total. The third-order valence-corrected chi connectivity index (χ3v) is 3.41. The first-order valence-corrected chi connectivity index (χ1v) is 7.02. The van der Waals surface area contributed by atoms with Crippen LogP contribution in [0.15, 0.2) is 12.1 Å². The van der Waals surface area contributed by atoms with Crippen molar-refractivity contribution in [1.29, 1.82) is 0 Å². The highest BCUT2D eigenvalue weighted by Crippen LogP contribution is 2.31. The molecule has 0 unspecified atom stereocenters. The van der Waals surface area contributed by atoms with Crippen LogP contribution >= 0.6 is 0 Å². The zero-order valence-corrected chi connectivity index (χ0v) is 12.5. The van der Waals surface area contributed by atoms with Crippen molar-refractivity contribution in [3.8, 4) is 11.5 Å². The zero-order valence-electron chi connectivity index (χ0n) is 12.5. The van der Waals surface area contributed by atoms with Crippen molar-refractivity contribution in [3.05, 3.63) is 57.9 Å². The summed E-state index contributed by atoms with van der Waals surface area (Å²) in [6.07, 6.45) is 2.79. The summed E-state index contributed by atoms with van der Waals surface area (Å²) in [6.45, 7) is 1.84. The van der Waals surface area contributed by atoms with Gasteiger partial charge in [0.15, 0.2) is 23.3 Å². The van der Waals surface area contributed by atoms with E-state index in [4.69, 9.17) is 0 Å². The Morgan fingerprint density at radius 2 is 1.25 bits per heavy atom. The smallest absolute Gasteiger partial charge is 0.200 e. The lowest BCUT2D eigenvalue weighted by atomic mass is 10.0. The number of phenols is 2. The fraction of sp³-hybridized carbons (Fsp3) is 0.176. The van der Waals surface area contributed by atoms with E-state index in [0.29, 0.717) is 24.5 Å². The minimum absolute atomic E-state index is 0.133. The second kappa shape index (κ2) is 6.90. The molecule has 2 nitrogen and oxygen atoms in total. The molecule has 2 aromatic rings. The minimum Gasteiger partial charge on any atom is -0.508 e. The predicted molar refractivity (Wildman–Crippen MR) is 78.9 cm³/mol. The van der Waals surface area contributed by atoms with Crippen LogP contribution in [0.1, 0.15) is 30.0 Å². The van der Waals surface area contributed by atoms with E-state index in [0.717, 1.165) is 6.08 Å². The second-order valence-corrected chi connectivity index (χ2v) is 5.10. The number of rotatable bonds is 4. The van der Waals surface area contributed by atoms with Gasteiger partial charge in [-0.25, -0.2) is 22.0 Å². The van der Waals surface area contributed by atoms with Gasteiger partial charge in [-0.1, -0.05) is 19.4 Å². The fourth-order valence-corrected chi connectivity index (χ4v) is 2.21. The van der Waals surface area contributed by atoms with Gasteiger partial charge in [-0.3, -0.25) is 0 Å². The molecule has 7 heteroatoms. The van der Waals surface area contributed by atoms with Crippen LogP contribution < -0.4 is 0 Å². The molecule has 0 heterocycles. The topological polar surface area (TPSA) is 40.5 Å². The Balaban J connectivity index is 2.46. The molecule has 0 fully saturated rings. The van der Waals surface area contributed by atoms with Gasteiger partial charge < -0.3 is 10.2 Å². The predicted octanol–water partition coefficient (Wildman–Crippen LogP) is 4.92. The largest absolute Gasteiger partial charge is 0.508 e. The maximum Gasteiger partial charge on any atom is 0.200 e. The maximum absolute atomic E-state index is 13.6. The van der Waals surface area contributed by atoms with Gasteiger partial charge in [0.05, 0.1) is 5.56 Å². The van der Waals surface area contributed by atoms with Gasteiger partial charge >= 0.3 is 0 Å². The van der Waals surface area contributed by atoms with Gasteiger partial charge in [0.25, 0.3) is 0 Å². The van der Waals surface area contributed by atoms with E-state index in [-0.39, 0.29) is 17.1 Å². The Labute approximate surface area is 134 Å². The van der Waals surface area contributed by atoms with Crippen LogP contribution in [0.2, 0.25) is 0 Å². The molecule has 0 radical (unpaired) electrons. The van der Waals surface area contributed by atoms with Gasteiger partial charge in [0.1, 0.15) is 11.5 Å². The summed E-state index contributed by atoms with van der Waals surface area (Å²) in [4.78, 5) is 0. The van der Waals surface area contributed by atoms with Crippen molar-refractivity contribution < 1.29 is 32.2 Å². The van der Waals surface area contributed by atoms with Crippen molar-refractivity contribution in [2.45, 2.75) is 19.8 Å². The Morgan fingerprint density at radius 3 is 1.71 bits per heavy atom. The molecule has 2 aromatic carbocycles. The Kier molecular flexibility index (Phi) is 5.11. The summed E-state index contributed by atoms with van der Waals surface area (Å²) < 4.78 is 66.3. The first kappa shape index (κ1) is 17.8. The second-order valence-electron chi connectivity index (χ2n) is 5.10. The molecule has 0 bridgehead atoms. The third-order valence-electron chi connectivity index (χ3n) is 3.41. The molecule has 0 aromatic heterocycles. The molecule has 0 aliphatic rings. The van der Waals surface area contributed by atoms with Crippen molar-refractivity contribution in [1.82, 2.24) is 0 Å². The molecule has 0 atom stereocenters. The normalized spacial score (nSPS) is 11.4. The molecule has 0 spiro atoms. The molecule has 0 aliphatic carbocycles. The molecule has 0 saturated heterocycles. The summed E-state index contributed by atoms with van der Waals surface area (Å²) in [5, 5.41) is 19.6. The Morgan fingerprint density at radius 1 is 0.792 bits per heavy atom. The molecule has 24 heavy (non-hydrogen) atoms. The van der Waals surface area contributed by atoms with Crippen molar-refractivity contribution >= 4 is 12.2 Å². The van der Waals surface area contributed by atoms with Gasteiger partial charge in [0.2, 0.25) is 5.82 Å². The van der Waals surface area contributed by atoms with Crippen LogP contribution in [0.4, 0.5) is 22.0 Å². The van der Waals surface area contributed by atoms with E-state index in [9.17, 15) is 32.2 Å². The quantitative estimate of drug-likeness (QED) is 0.358. The minimum atomic E-state index is -2.23. The molecule has 0 amide bonds. The lowest BCUT2D eigenvalue weighted by Crippen LogP contribution is -2.03. The average Bonchev–Trinajstić information content (AvgIpc) is 2.54. The SMILES string of the molecule is CCCc1c(O)cc(/C=C\c2c(F)c(F)c(F)c(F)c2F)cc1O. The number of phenolic OH excluding ortho intramolecular Hbond substituents is 2. The highest BCUT2D eigenvalue weighted by atomic mass is 19.2. The highest BCUT2D eigenvalue weighted by Gasteiger charge is 2.24. The third kappa shape index (κ3) is 3.20. The maximum atomic E-state index is 13.6. The monoisotopic (exact) mass is 344 g/mol. The van der Waals surface area contributed by atoms with E-state index >= 15 is 0 Å². The Bertz CT molecular complexity index is 763. The molecular formula is C17H13F5O2. The highest BCUT2D eigenvalue weighted by molar-refractivity contribution is 5.72. The van der Waals surface area contributed by atoms with E-state index in [1.165, 1.54) is 12.1 Å². The molecule has 0 aliphatic heterocycles. The molecule has 128 valence electrons. The van der Waals surface area contributed by atoms with Crippen molar-refractivity contribution in [3.63, 3.8) is 0 Å². The number of halogens is 5. The van der Waals surface area contributed by atoms with Crippen LogP contribution in [0.5, 0.6) is 11.5 Å². The number of aromatic hydroxyl groups is 2. The van der Waals surface area contributed by atoms with Gasteiger partial charge in [0, 0.05) is 5.56 Å². The summed E-state index contributed by atoms with van der Waals surface area (Å²) >= 11 is 0. The van der Waals surface area contributed by atoms with Gasteiger partial charge in [-0.05, 0) is 30.2 Å².